The summed E-state index contributed by atoms with van der Waals surface area (Å²) in [6.45, 7) is 3.67. The quantitative estimate of drug-likeness (QED) is 0.674. The second-order valence-corrected chi connectivity index (χ2v) is 6.71. The van der Waals surface area contributed by atoms with E-state index in [4.69, 9.17) is 4.74 Å². The van der Waals surface area contributed by atoms with Gasteiger partial charge in [-0.25, -0.2) is 4.98 Å². The largest absolute Gasteiger partial charge is 0.380 e. The number of nitrogens with one attached hydrogen (secondary N) is 2. The molecule has 148 valence electrons. The minimum Gasteiger partial charge on any atom is -0.380 e. The van der Waals surface area contributed by atoms with Crippen LogP contribution in [0.4, 0.5) is 17.1 Å². The highest BCUT2D eigenvalue weighted by Crippen LogP contribution is 2.26. The number of amides is 1. The van der Waals surface area contributed by atoms with Crippen LogP contribution < -0.4 is 15.5 Å². The van der Waals surface area contributed by atoms with Crippen LogP contribution in [0.3, 0.4) is 0 Å². The van der Waals surface area contributed by atoms with Crippen molar-refractivity contribution in [3.8, 4) is 0 Å². The maximum Gasteiger partial charge on any atom is 0.274 e. The van der Waals surface area contributed by atoms with E-state index in [1.54, 1.807) is 24.7 Å². The maximum absolute atomic E-state index is 12.7. The first-order valence-corrected chi connectivity index (χ1v) is 9.61. The predicted octanol–water partition coefficient (Wildman–Crippen LogP) is 3.18. The summed E-state index contributed by atoms with van der Waals surface area (Å²) < 4.78 is 5.42. The van der Waals surface area contributed by atoms with E-state index in [0.29, 0.717) is 25.5 Å². The number of nitrogens with zero attached hydrogens (tertiary/aromatic N) is 3. The highest BCUT2D eigenvalue weighted by atomic mass is 16.5. The molecule has 3 heterocycles. The van der Waals surface area contributed by atoms with Crippen molar-refractivity contribution in [1.82, 2.24) is 9.97 Å². The Hall–Kier alpha value is -3.45. The Morgan fingerprint density at radius 3 is 2.59 bits per heavy atom. The Balaban J connectivity index is 1.40. The highest BCUT2D eigenvalue weighted by Gasteiger charge is 2.16. The van der Waals surface area contributed by atoms with Gasteiger partial charge in [-0.15, -0.1) is 0 Å². The molecule has 1 aliphatic heterocycles. The summed E-state index contributed by atoms with van der Waals surface area (Å²) in [6.07, 6.45) is 5.19. The van der Waals surface area contributed by atoms with E-state index in [0.717, 1.165) is 35.7 Å². The lowest BCUT2D eigenvalue weighted by atomic mass is 10.2. The summed E-state index contributed by atoms with van der Waals surface area (Å²) in [5.41, 5.74) is 4.13. The molecule has 2 N–H and O–H groups in total. The molecule has 2 aromatic heterocycles. The Morgan fingerprint density at radius 2 is 1.83 bits per heavy atom. The number of ether oxygens (including phenoxy) is 1. The number of benzene rings is 1. The lowest BCUT2D eigenvalue weighted by molar-refractivity contribution is 0.102. The molecule has 0 radical (unpaired) electrons. The molecule has 7 heteroatoms. The van der Waals surface area contributed by atoms with Gasteiger partial charge in [0.1, 0.15) is 5.69 Å². The van der Waals surface area contributed by atoms with Gasteiger partial charge in [-0.05, 0) is 42.0 Å². The molecule has 3 aromatic rings. The van der Waals surface area contributed by atoms with Crippen LogP contribution in [0.5, 0.6) is 0 Å². The number of carbonyl (C=O) groups excluding carboxylic acids is 1. The molecule has 29 heavy (non-hydrogen) atoms. The number of hydrogen-bond acceptors (Lipinski definition) is 6. The Kier molecular flexibility index (Phi) is 5.97. The fourth-order valence-electron chi connectivity index (χ4n) is 3.18. The van der Waals surface area contributed by atoms with E-state index in [2.05, 4.69) is 25.5 Å². The molecule has 1 fully saturated rings. The number of hydrogen-bond donors (Lipinski definition) is 2. The van der Waals surface area contributed by atoms with Crippen molar-refractivity contribution >= 4 is 23.0 Å². The zero-order chi connectivity index (χ0) is 19.9. The van der Waals surface area contributed by atoms with Crippen LogP contribution in [-0.2, 0) is 11.3 Å². The smallest absolute Gasteiger partial charge is 0.274 e. The van der Waals surface area contributed by atoms with Gasteiger partial charge in [0.25, 0.3) is 5.91 Å². The number of pyridine rings is 2. The zero-order valence-corrected chi connectivity index (χ0v) is 16.0. The molecule has 0 unspecified atom stereocenters. The number of rotatable bonds is 6. The van der Waals surface area contributed by atoms with Gasteiger partial charge in [0.05, 0.1) is 36.5 Å². The molecule has 0 atom stereocenters. The van der Waals surface area contributed by atoms with Crippen molar-refractivity contribution in [2.24, 2.45) is 0 Å². The third kappa shape index (κ3) is 4.89. The number of morpholine rings is 1. The number of para-hydroxylation sites is 2. The lowest BCUT2D eigenvalue weighted by Gasteiger charge is -2.30. The molecule has 7 nitrogen and oxygen atoms in total. The molecule has 1 amide bonds. The van der Waals surface area contributed by atoms with Crippen LogP contribution in [0.25, 0.3) is 0 Å². The summed E-state index contributed by atoms with van der Waals surface area (Å²) in [5, 5.41) is 6.28. The van der Waals surface area contributed by atoms with Crippen molar-refractivity contribution in [3.63, 3.8) is 0 Å². The van der Waals surface area contributed by atoms with Gasteiger partial charge in [0.15, 0.2) is 0 Å². The molecule has 4 rings (SSSR count). The maximum atomic E-state index is 12.7. The third-order valence-electron chi connectivity index (χ3n) is 4.75. The van der Waals surface area contributed by atoms with Crippen molar-refractivity contribution in [2.75, 3.05) is 41.8 Å². The van der Waals surface area contributed by atoms with Gasteiger partial charge in [-0.2, -0.15) is 0 Å². The standard InChI is InChI=1S/C22H23N5O2/c28-22(26-19-3-1-2-4-21(19)27-11-13-29-14-12-27)20-6-5-18(16-25-20)24-15-17-7-9-23-10-8-17/h1-10,16,24H,11-15H2,(H,26,28). The Labute approximate surface area is 169 Å². The first-order valence-electron chi connectivity index (χ1n) is 9.61. The van der Waals surface area contributed by atoms with Gasteiger partial charge >= 0.3 is 0 Å². The van der Waals surface area contributed by atoms with Gasteiger partial charge < -0.3 is 20.3 Å². The number of aromatic nitrogens is 2. The van der Waals surface area contributed by atoms with Gasteiger partial charge in [0, 0.05) is 32.0 Å². The summed E-state index contributed by atoms with van der Waals surface area (Å²) in [6, 6.07) is 15.3. The average molecular weight is 389 g/mol. The Morgan fingerprint density at radius 1 is 1.03 bits per heavy atom. The van der Waals surface area contributed by atoms with Crippen LogP contribution in [0.1, 0.15) is 16.1 Å². The summed E-state index contributed by atoms with van der Waals surface area (Å²) in [4.78, 5) is 23.2. The molecular formula is C22H23N5O2. The SMILES string of the molecule is O=C(Nc1ccccc1N1CCOCC1)c1ccc(NCc2ccncc2)cn1. The topological polar surface area (TPSA) is 79.4 Å². The predicted molar refractivity (Wildman–Crippen MR) is 113 cm³/mol. The van der Waals surface area contributed by atoms with Gasteiger partial charge in [-0.3, -0.25) is 9.78 Å². The second-order valence-electron chi connectivity index (χ2n) is 6.71. The zero-order valence-electron chi connectivity index (χ0n) is 16.0. The summed E-state index contributed by atoms with van der Waals surface area (Å²) in [7, 11) is 0. The molecule has 0 aliphatic carbocycles. The van der Waals surface area contributed by atoms with Gasteiger partial charge in [-0.1, -0.05) is 12.1 Å². The second kappa shape index (κ2) is 9.16. The molecule has 0 bridgehead atoms. The van der Waals surface area contributed by atoms with E-state index >= 15 is 0 Å². The van der Waals surface area contributed by atoms with E-state index in [9.17, 15) is 4.79 Å². The van der Waals surface area contributed by atoms with E-state index < -0.39 is 0 Å². The molecule has 0 spiro atoms. The van der Waals surface area contributed by atoms with Crippen LogP contribution >= 0.6 is 0 Å². The van der Waals surface area contributed by atoms with Crippen LogP contribution in [0.15, 0.2) is 67.1 Å². The van der Waals surface area contributed by atoms with Crippen LogP contribution in [-0.4, -0.2) is 42.2 Å². The summed E-state index contributed by atoms with van der Waals surface area (Å²) >= 11 is 0. The number of anilines is 3. The van der Waals surface area contributed by atoms with Crippen molar-refractivity contribution in [1.29, 1.82) is 0 Å². The summed E-state index contributed by atoms with van der Waals surface area (Å²) in [5.74, 6) is -0.230. The van der Waals surface area contributed by atoms with Gasteiger partial charge in [0.2, 0.25) is 0 Å². The third-order valence-corrected chi connectivity index (χ3v) is 4.75. The minimum absolute atomic E-state index is 0.230. The molecule has 1 aliphatic rings. The van der Waals surface area contributed by atoms with Crippen molar-refractivity contribution in [3.05, 3.63) is 78.4 Å². The van der Waals surface area contributed by atoms with Crippen molar-refractivity contribution < 1.29 is 9.53 Å². The first kappa shape index (κ1) is 18.9. The first-order chi connectivity index (χ1) is 14.3. The Bertz CT molecular complexity index is 941. The fourth-order valence-corrected chi connectivity index (χ4v) is 3.18. The molecule has 0 saturated carbocycles. The van der Waals surface area contributed by atoms with Crippen LogP contribution in [0.2, 0.25) is 0 Å². The van der Waals surface area contributed by atoms with E-state index in [-0.39, 0.29) is 5.91 Å². The lowest BCUT2D eigenvalue weighted by Crippen LogP contribution is -2.36. The fraction of sp³-hybridized carbons (Fsp3) is 0.227. The monoisotopic (exact) mass is 389 g/mol. The van der Waals surface area contributed by atoms with E-state index in [1.165, 1.54) is 0 Å². The van der Waals surface area contributed by atoms with Crippen molar-refractivity contribution in [2.45, 2.75) is 6.54 Å². The molecular weight excluding hydrogens is 366 g/mol. The molecule has 1 aromatic carbocycles. The highest BCUT2D eigenvalue weighted by molar-refractivity contribution is 6.04. The number of carbonyl (C=O) groups is 1. The normalized spacial score (nSPS) is 13.7. The average Bonchev–Trinajstić information content (AvgIpc) is 2.80. The van der Waals surface area contributed by atoms with Crippen LogP contribution in [0, 0.1) is 0 Å². The molecule has 1 saturated heterocycles. The minimum atomic E-state index is -0.230. The van der Waals surface area contributed by atoms with E-state index in [1.807, 2.05) is 42.5 Å².